The van der Waals surface area contributed by atoms with Gasteiger partial charge in [-0.2, -0.15) is 0 Å². The normalized spacial score (nSPS) is 11.6. The van der Waals surface area contributed by atoms with Crippen LogP contribution in [-0.4, -0.2) is 9.97 Å². The number of benzene rings is 6. The Labute approximate surface area is 252 Å². The third-order valence-electron chi connectivity index (χ3n) is 8.34. The van der Waals surface area contributed by atoms with Gasteiger partial charge >= 0.3 is 0 Å². The molecule has 206 valence electrons. The summed E-state index contributed by atoms with van der Waals surface area (Å²) in [6.45, 7) is 0. The van der Waals surface area contributed by atoms with E-state index in [9.17, 15) is 0 Å². The number of nitrogens with zero attached hydrogens (tertiary/aromatic N) is 2. The highest BCUT2D eigenvalue weighted by Gasteiger charge is 2.19. The van der Waals surface area contributed by atoms with Crippen LogP contribution >= 0.6 is 0 Å². The molecule has 0 spiro atoms. The lowest BCUT2D eigenvalue weighted by atomic mass is 10.00. The summed E-state index contributed by atoms with van der Waals surface area (Å²) in [7, 11) is 0. The van der Waals surface area contributed by atoms with E-state index in [1.54, 1.807) is 0 Å². The molecule has 0 radical (unpaired) electrons. The minimum atomic E-state index is 0.648. The molecule has 0 N–H and O–H groups in total. The van der Waals surface area contributed by atoms with E-state index in [1.807, 2.05) is 54.6 Å². The standard InChI is InChI=1S/C40H24N2O2/c1-2-10-25(11-3-1)26-20-22-27(23-21-26)40-41-33(30-15-9-19-37-38(30)32-13-5-7-18-36(32)43-37)24-34(42-40)31-16-8-14-29-28-12-4-6-17-35(28)44-39(29)31/h1-24H. The van der Waals surface area contributed by atoms with Gasteiger partial charge in [-0.3, -0.25) is 0 Å². The third kappa shape index (κ3) is 3.92. The average Bonchev–Trinajstić information content (AvgIpc) is 3.67. The summed E-state index contributed by atoms with van der Waals surface area (Å²) in [6, 6.07) is 49.6. The largest absolute Gasteiger partial charge is 0.456 e. The van der Waals surface area contributed by atoms with Crippen LogP contribution < -0.4 is 0 Å². The van der Waals surface area contributed by atoms with Crippen molar-refractivity contribution in [3.05, 3.63) is 146 Å². The Morgan fingerprint density at radius 2 is 0.955 bits per heavy atom. The van der Waals surface area contributed by atoms with Crippen LogP contribution in [0.5, 0.6) is 0 Å². The van der Waals surface area contributed by atoms with Gasteiger partial charge in [0, 0.05) is 38.2 Å². The third-order valence-corrected chi connectivity index (χ3v) is 8.34. The van der Waals surface area contributed by atoms with E-state index < -0.39 is 0 Å². The van der Waals surface area contributed by atoms with Gasteiger partial charge in [-0.05, 0) is 41.5 Å². The summed E-state index contributed by atoms with van der Waals surface area (Å²) < 4.78 is 12.7. The monoisotopic (exact) mass is 564 g/mol. The zero-order chi connectivity index (χ0) is 29.0. The second kappa shape index (κ2) is 9.79. The molecule has 3 aromatic heterocycles. The first-order valence-corrected chi connectivity index (χ1v) is 14.7. The highest BCUT2D eigenvalue weighted by atomic mass is 16.3. The SMILES string of the molecule is c1ccc(-c2ccc(-c3nc(-c4cccc5c4oc4ccccc45)cc(-c4cccc5oc6ccccc6c45)n3)cc2)cc1. The molecule has 0 aliphatic carbocycles. The lowest BCUT2D eigenvalue weighted by molar-refractivity contribution is 0.669. The van der Waals surface area contributed by atoms with Gasteiger partial charge in [-0.25, -0.2) is 9.97 Å². The second-order valence-electron chi connectivity index (χ2n) is 11.0. The van der Waals surface area contributed by atoms with Crippen LogP contribution in [0.3, 0.4) is 0 Å². The Morgan fingerprint density at radius 3 is 1.77 bits per heavy atom. The van der Waals surface area contributed by atoms with Gasteiger partial charge in [0.1, 0.15) is 22.3 Å². The number of fused-ring (bicyclic) bond motifs is 6. The van der Waals surface area contributed by atoms with E-state index >= 15 is 0 Å². The molecule has 0 atom stereocenters. The summed E-state index contributed by atoms with van der Waals surface area (Å²) in [6.07, 6.45) is 0. The molecule has 3 heterocycles. The maximum absolute atomic E-state index is 6.43. The van der Waals surface area contributed by atoms with Crippen molar-refractivity contribution in [3.8, 4) is 45.0 Å². The predicted molar refractivity (Wildman–Crippen MR) is 178 cm³/mol. The van der Waals surface area contributed by atoms with Crippen molar-refractivity contribution in [2.24, 2.45) is 0 Å². The molecule has 9 rings (SSSR count). The molecule has 0 bridgehead atoms. The summed E-state index contributed by atoms with van der Waals surface area (Å²) >= 11 is 0. The van der Waals surface area contributed by atoms with E-state index in [1.165, 1.54) is 5.56 Å². The fourth-order valence-electron chi connectivity index (χ4n) is 6.23. The summed E-state index contributed by atoms with van der Waals surface area (Å²) in [5.74, 6) is 0.648. The van der Waals surface area contributed by atoms with E-state index in [-0.39, 0.29) is 0 Å². The summed E-state index contributed by atoms with van der Waals surface area (Å²) in [4.78, 5) is 10.3. The molecule has 4 heteroatoms. The first kappa shape index (κ1) is 24.6. The van der Waals surface area contributed by atoms with Crippen molar-refractivity contribution in [2.45, 2.75) is 0 Å². The van der Waals surface area contributed by atoms with Gasteiger partial charge in [0.2, 0.25) is 0 Å². The van der Waals surface area contributed by atoms with E-state index in [4.69, 9.17) is 18.8 Å². The molecule has 0 unspecified atom stereocenters. The fraction of sp³-hybridized carbons (Fsp3) is 0. The van der Waals surface area contributed by atoms with E-state index in [0.29, 0.717) is 5.82 Å². The van der Waals surface area contributed by atoms with Crippen molar-refractivity contribution in [3.63, 3.8) is 0 Å². The van der Waals surface area contributed by atoms with Gasteiger partial charge < -0.3 is 8.83 Å². The smallest absolute Gasteiger partial charge is 0.160 e. The molecule has 0 aliphatic rings. The minimum Gasteiger partial charge on any atom is -0.456 e. The topological polar surface area (TPSA) is 52.1 Å². The van der Waals surface area contributed by atoms with Gasteiger partial charge in [-0.15, -0.1) is 0 Å². The Bertz CT molecular complexity index is 2490. The van der Waals surface area contributed by atoms with Crippen LogP contribution in [0.25, 0.3) is 88.9 Å². The fourth-order valence-corrected chi connectivity index (χ4v) is 6.23. The molecule has 0 amide bonds. The predicted octanol–water partition coefficient (Wildman–Crippen LogP) is 10.9. The zero-order valence-electron chi connectivity index (χ0n) is 23.6. The average molecular weight is 565 g/mol. The number of hydrogen-bond acceptors (Lipinski definition) is 4. The maximum atomic E-state index is 6.43. The van der Waals surface area contributed by atoms with E-state index in [0.717, 1.165) is 77.5 Å². The van der Waals surface area contributed by atoms with Crippen molar-refractivity contribution in [1.82, 2.24) is 9.97 Å². The van der Waals surface area contributed by atoms with Crippen molar-refractivity contribution < 1.29 is 8.83 Å². The first-order valence-electron chi connectivity index (χ1n) is 14.7. The van der Waals surface area contributed by atoms with Crippen LogP contribution in [0.15, 0.2) is 154 Å². The van der Waals surface area contributed by atoms with Crippen LogP contribution in [0.4, 0.5) is 0 Å². The van der Waals surface area contributed by atoms with Crippen LogP contribution in [0, 0.1) is 0 Å². The number of rotatable bonds is 4. The Morgan fingerprint density at radius 1 is 0.386 bits per heavy atom. The van der Waals surface area contributed by atoms with E-state index in [2.05, 4.69) is 91.0 Å². The molecule has 4 nitrogen and oxygen atoms in total. The Kier molecular flexibility index (Phi) is 5.47. The van der Waals surface area contributed by atoms with Crippen LogP contribution in [-0.2, 0) is 0 Å². The maximum Gasteiger partial charge on any atom is 0.160 e. The molecule has 44 heavy (non-hydrogen) atoms. The molecular formula is C40H24N2O2. The van der Waals surface area contributed by atoms with Gasteiger partial charge in [0.05, 0.1) is 11.4 Å². The summed E-state index contributed by atoms with van der Waals surface area (Å²) in [5, 5.41) is 4.26. The number of hydrogen-bond donors (Lipinski definition) is 0. The molecular weight excluding hydrogens is 540 g/mol. The van der Waals surface area contributed by atoms with Crippen molar-refractivity contribution in [2.75, 3.05) is 0 Å². The van der Waals surface area contributed by atoms with Gasteiger partial charge in [0.25, 0.3) is 0 Å². The minimum absolute atomic E-state index is 0.648. The van der Waals surface area contributed by atoms with Crippen LogP contribution in [0.2, 0.25) is 0 Å². The Balaban J connectivity index is 1.29. The van der Waals surface area contributed by atoms with Crippen molar-refractivity contribution in [1.29, 1.82) is 0 Å². The second-order valence-corrected chi connectivity index (χ2v) is 11.0. The number of furan rings is 2. The van der Waals surface area contributed by atoms with Gasteiger partial charge in [0.15, 0.2) is 5.82 Å². The molecule has 0 saturated heterocycles. The molecule has 0 aliphatic heterocycles. The van der Waals surface area contributed by atoms with Crippen LogP contribution in [0.1, 0.15) is 0 Å². The van der Waals surface area contributed by atoms with Crippen molar-refractivity contribution >= 4 is 43.9 Å². The first-order chi connectivity index (χ1) is 21.8. The molecule has 6 aromatic carbocycles. The highest BCUT2D eigenvalue weighted by molar-refractivity contribution is 6.13. The molecule has 0 fully saturated rings. The summed E-state index contributed by atoms with van der Waals surface area (Å²) in [5.41, 5.74) is 10.2. The highest BCUT2D eigenvalue weighted by Crippen LogP contribution is 2.40. The molecule has 9 aromatic rings. The number of para-hydroxylation sites is 3. The zero-order valence-corrected chi connectivity index (χ0v) is 23.6. The quantitative estimate of drug-likeness (QED) is 0.213. The molecule has 0 saturated carbocycles. The van der Waals surface area contributed by atoms with Gasteiger partial charge in [-0.1, -0.05) is 115 Å². The lowest BCUT2D eigenvalue weighted by Crippen LogP contribution is -1.96. The lowest BCUT2D eigenvalue weighted by Gasteiger charge is -2.11. The Hall–Kier alpha value is -6.00. The number of aromatic nitrogens is 2.